The van der Waals surface area contributed by atoms with Crippen LogP contribution in [0.5, 0.6) is 0 Å². The molecule has 0 aliphatic heterocycles. The molecule has 7 heteroatoms. The van der Waals surface area contributed by atoms with Gasteiger partial charge in [0.05, 0.1) is 6.04 Å². The summed E-state index contributed by atoms with van der Waals surface area (Å²) in [6.45, 7) is 5.29. The van der Waals surface area contributed by atoms with E-state index in [2.05, 4.69) is 44.0 Å². The summed E-state index contributed by atoms with van der Waals surface area (Å²) in [5.41, 5.74) is 1.21. The molecule has 0 aromatic carbocycles. The molecule has 1 unspecified atom stereocenters. The first-order chi connectivity index (χ1) is 9.58. The predicted molar refractivity (Wildman–Crippen MR) is 86.6 cm³/mol. The molecule has 1 amide bonds. The van der Waals surface area contributed by atoms with Gasteiger partial charge in [-0.25, -0.2) is 0 Å². The van der Waals surface area contributed by atoms with E-state index in [0.717, 1.165) is 6.42 Å². The van der Waals surface area contributed by atoms with Crippen LogP contribution in [0.25, 0.3) is 0 Å². The third-order valence-electron chi connectivity index (χ3n) is 2.69. The van der Waals surface area contributed by atoms with Gasteiger partial charge in [-0.3, -0.25) is 10.1 Å². The Morgan fingerprint density at radius 2 is 2.05 bits per heavy atom. The molecule has 1 atom stereocenters. The summed E-state index contributed by atoms with van der Waals surface area (Å²) in [7, 11) is 0. The number of carbonyl (C=O) groups is 1. The number of nitrogens with one attached hydrogen (secondary N) is 2. The maximum absolute atomic E-state index is 11.1. The van der Waals surface area contributed by atoms with Gasteiger partial charge < -0.3 is 5.32 Å². The highest BCUT2D eigenvalue weighted by molar-refractivity contribution is 7.08. The average molecular weight is 307 g/mol. The average Bonchev–Trinajstić information content (AvgIpc) is 2.88. The third kappa shape index (κ3) is 4.78. The first kappa shape index (κ1) is 17.0. The lowest BCUT2D eigenvalue weighted by Crippen LogP contribution is -2.15. The van der Waals surface area contributed by atoms with Crippen LogP contribution in [0.2, 0.25) is 0 Å². The lowest BCUT2D eigenvalue weighted by molar-refractivity contribution is -0.114. The summed E-state index contributed by atoms with van der Waals surface area (Å²) in [6.07, 6.45) is 0.914. The molecule has 0 saturated carbocycles. The number of hydrogen-bond acceptors (Lipinski definition) is 6. The van der Waals surface area contributed by atoms with Crippen molar-refractivity contribution in [1.29, 1.82) is 0 Å². The standard InChI is InChI=1S/C13H17N5OS.CH4/c1-4-11(10-5-6-20-7-10)17-13-15-8(2)14-12(18-13)16-9(3)19;/h5-7,11H,4H2,1-3H3,(H2,14,15,16,17,18,19);1H4. The number of carbonyl (C=O) groups excluding carboxylic acids is 1. The first-order valence-corrected chi connectivity index (χ1v) is 7.31. The van der Waals surface area contributed by atoms with Crippen LogP contribution in [0.4, 0.5) is 11.9 Å². The fraction of sp³-hybridized carbons (Fsp3) is 0.429. The summed E-state index contributed by atoms with van der Waals surface area (Å²) in [5.74, 6) is 1.10. The molecule has 2 rings (SSSR count). The Labute approximate surface area is 129 Å². The van der Waals surface area contributed by atoms with Gasteiger partial charge >= 0.3 is 0 Å². The minimum Gasteiger partial charge on any atom is -0.347 e. The lowest BCUT2D eigenvalue weighted by Gasteiger charge is -2.16. The van der Waals surface area contributed by atoms with Crippen LogP contribution in [0.1, 0.15) is 45.1 Å². The van der Waals surface area contributed by atoms with Gasteiger partial charge in [-0.2, -0.15) is 26.3 Å². The molecule has 2 aromatic rings. The van der Waals surface area contributed by atoms with Crippen LogP contribution in [0, 0.1) is 6.92 Å². The fourth-order valence-electron chi connectivity index (χ4n) is 1.81. The summed E-state index contributed by atoms with van der Waals surface area (Å²) < 4.78 is 0. The number of aryl methyl sites for hydroxylation is 1. The zero-order valence-electron chi connectivity index (χ0n) is 11.7. The van der Waals surface area contributed by atoms with E-state index < -0.39 is 0 Å². The molecule has 0 fully saturated rings. The summed E-state index contributed by atoms with van der Waals surface area (Å²) in [5, 5.41) is 10.00. The van der Waals surface area contributed by atoms with Crippen molar-refractivity contribution >= 4 is 29.1 Å². The normalized spacial score (nSPS) is 11.4. The van der Waals surface area contributed by atoms with E-state index in [4.69, 9.17) is 0 Å². The molecular formula is C14H21N5OS. The molecule has 0 spiro atoms. The third-order valence-corrected chi connectivity index (χ3v) is 3.39. The molecule has 114 valence electrons. The molecule has 2 aromatic heterocycles. The number of aromatic nitrogens is 3. The molecule has 2 N–H and O–H groups in total. The quantitative estimate of drug-likeness (QED) is 0.885. The SMILES string of the molecule is C.CCC(Nc1nc(C)nc(NC(C)=O)n1)c1ccsc1. The Kier molecular flexibility index (Phi) is 6.23. The van der Waals surface area contributed by atoms with Gasteiger partial charge in [-0.15, -0.1) is 0 Å². The van der Waals surface area contributed by atoms with E-state index in [1.165, 1.54) is 12.5 Å². The van der Waals surface area contributed by atoms with Gasteiger partial charge in [0, 0.05) is 6.92 Å². The fourth-order valence-corrected chi connectivity index (χ4v) is 2.52. The first-order valence-electron chi connectivity index (χ1n) is 6.37. The van der Waals surface area contributed by atoms with E-state index in [-0.39, 0.29) is 25.3 Å². The molecule has 0 aliphatic rings. The van der Waals surface area contributed by atoms with E-state index in [1.54, 1.807) is 18.3 Å². The summed E-state index contributed by atoms with van der Waals surface area (Å²) in [6, 6.07) is 2.22. The van der Waals surface area contributed by atoms with Crippen molar-refractivity contribution in [3.8, 4) is 0 Å². The van der Waals surface area contributed by atoms with Crippen LogP contribution in [-0.2, 0) is 4.79 Å². The zero-order chi connectivity index (χ0) is 14.5. The minimum atomic E-state index is -0.202. The van der Waals surface area contributed by atoms with E-state index >= 15 is 0 Å². The second-order valence-corrected chi connectivity index (χ2v) is 5.15. The van der Waals surface area contributed by atoms with Gasteiger partial charge in [0.2, 0.25) is 17.8 Å². The van der Waals surface area contributed by atoms with Crippen LogP contribution < -0.4 is 10.6 Å². The Morgan fingerprint density at radius 1 is 1.33 bits per heavy atom. The highest BCUT2D eigenvalue weighted by Gasteiger charge is 2.12. The number of anilines is 2. The number of nitrogens with zero attached hydrogens (tertiary/aromatic N) is 3. The lowest BCUT2D eigenvalue weighted by atomic mass is 10.1. The van der Waals surface area contributed by atoms with Crippen LogP contribution in [-0.4, -0.2) is 20.9 Å². The van der Waals surface area contributed by atoms with Gasteiger partial charge in [-0.1, -0.05) is 14.4 Å². The number of rotatable bonds is 5. The predicted octanol–water partition coefficient (Wildman–Crippen LogP) is 3.40. The van der Waals surface area contributed by atoms with Crippen molar-refractivity contribution in [3.63, 3.8) is 0 Å². The summed E-state index contributed by atoms with van der Waals surface area (Å²) >= 11 is 1.66. The van der Waals surface area contributed by atoms with E-state index in [9.17, 15) is 4.79 Å². The number of thiophene rings is 1. The Hall–Kier alpha value is -2.02. The molecule has 0 saturated heterocycles. The van der Waals surface area contributed by atoms with Crippen LogP contribution in [0.3, 0.4) is 0 Å². The van der Waals surface area contributed by atoms with Crippen LogP contribution >= 0.6 is 11.3 Å². The number of hydrogen-bond donors (Lipinski definition) is 2. The smallest absolute Gasteiger partial charge is 0.234 e. The monoisotopic (exact) mass is 307 g/mol. The van der Waals surface area contributed by atoms with E-state index in [0.29, 0.717) is 11.8 Å². The number of amides is 1. The zero-order valence-corrected chi connectivity index (χ0v) is 12.5. The Balaban J connectivity index is 0.00000220. The Bertz CT molecular complexity index is 585. The molecule has 0 aliphatic carbocycles. The summed E-state index contributed by atoms with van der Waals surface area (Å²) in [4.78, 5) is 23.6. The molecule has 21 heavy (non-hydrogen) atoms. The second kappa shape index (κ2) is 7.68. The molecule has 2 heterocycles. The largest absolute Gasteiger partial charge is 0.347 e. The van der Waals surface area contributed by atoms with Gasteiger partial charge in [0.15, 0.2) is 0 Å². The molecular weight excluding hydrogens is 286 g/mol. The van der Waals surface area contributed by atoms with E-state index in [1.807, 2.05) is 5.38 Å². The second-order valence-electron chi connectivity index (χ2n) is 4.37. The van der Waals surface area contributed by atoms with Crippen molar-refractivity contribution in [1.82, 2.24) is 15.0 Å². The van der Waals surface area contributed by atoms with Crippen molar-refractivity contribution in [2.45, 2.75) is 40.7 Å². The maximum Gasteiger partial charge on any atom is 0.234 e. The van der Waals surface area contributed by atoms with Crippen molar-refractivity contribution in [2.75, 3.05) is 10.6 Å². The topological polar surface area (TPSA) is 79.8 Å². The molecule has 6 nitrogen and oxygen atoms in total. The highest BCUT2D eigenvalue weighted by Crippen LogP contribution is 2.23. The Morgan fingerprint density at radius 3 is 2.62 bits per heavy atom. The van der Waals surface area contributed by atoms with Gasteiger partial charge in [0.25, 0.3) is 0 Å². The molecule has 0 radical (unpaired) electrons. The minimum absolute atomic E-state index is 0. The van der Waals surface area contributed by atoms with Crippen molar-refractivity contribution < 1.29 is 4.79 Å². The van der Waals surface area contributed by atoms with Crippen molar-refractivity contribution in [2.24, 2.45) is 0 Å². The maximum atomic E-state index is 11.1. The van der Waals surface area contributed by atoms with Gasteiger partial charge in [-0.05, 0) is 35.7 Å². The van der Waals surface area contributed by atoms with Gasteiger partial charge in [0.1, 0.15) is 5.82 Å². The molecule has 0 bridgehead atoms. The van der Waals surface area contributed by atoms with Crippen molar-refractivity contribution in [3.05, 3.63) is 28.2 Å². The van der Waals surface area contributed by atoms with Crippen LogP contribution in [0.15, 0.2) is 16.8 Å². The highest BCUT2D eigenvalue weighted by atomic mass is 32.1.